The summed E-state index contributed by atoms with van der Waals surface area (Å²) < 4.78 is 13.0. The lowest BCUT2D eigenvalue weighted by molar-refractivity contribution is -0.124. The van der Waals surface area contributed by atoms with Crippen molar-refractivity contribution in [2.45, 2.75) is 12.8 Å². The molecule has 1 spiro atoms. The van der Waals surface area contributed by atoms with Gasteiger partial charge >= 0.3 is 0 Å². The fraction of sp³-hybridized carbons (Fsp3) is 0.375. The molecule has 4 rings (SSSR count). The number of rotatable bonds is 2. The molecule has 0 saturated carbocycles. The molecule has 2 aromatic rings. The van der Waals surface area contributed by atoms with Crippen LogP contribution in [0.3, 0.4) is 0 Å². The summed E-state index contributed by atoms with van der Waals surface area (Å²) in [5, 5.41) is 0. The third-order valence-electron chi connectivity index (χ3n) is 4.71. The average Bonchev–Trinajstić information content (AvgIpc) is 3.15. The molecule has 4 heterocycles. The maximum atomic E-state index is 13.0. The topological polar surface area (TPSA) is 62.2 Å². The van der Waals surface area contributed by atoms with Crippen LogP contribution in [0.5, 0.6) is 0 Å². The van der Waals surface area contributed by atoms with Crippen LogP contribution >= 0.6 is 0 Å². The summed E-state index contributed by atoms with van der Waals surface area (Å²) in [7, 11) is 0. The van der Waals surface area contributed by atoms with E-state index < -0.39 is 11.2 Å². The first kappa shape index (κ1) is 14.0. The largest absolute Gasteiger partial charge is 0.340 e. The van der Waals surface area contributed by atoms with Gasteiger partial charge in [0.1, 0.15) is 0 Å². The number of halogens is 1. The molecule has 0 aromatic carbocycles. The number of hydrogen-bond donors (Lipinski definition) is 0. The third kappa shape index (κ3) is 2.32. The Bertz CT molecular complexity index is 723. The Balaban J connectivity index is 1.54. The minimum atomic E-state index is -0.456. The first-order valence-corrected chi connectivity index (χ1v) is 7.62. The van der Waals surface area contributed by atoms with E-state index in [1.807, 2.05) is 21.9 Å². The van der Waals surface area contributed by atoms with E-state index in [1.54, 1.807) is 12.4 Å². The second-order valence-corrected chi connectivity index (χ2v) is 6.07. The molecule has 0 unspecified atom stereocenters. The molecule has 1 atom stereocenters. The molecule has 2 fully saturated rings. The van der Waals surface area contributed by atoms with Crippen LogP contribution < -0.4 is 9.80 Å². The van der Waals surface area contributed by atoms with Crippen LogP contribution in [0, 0.1) is 11.2 Å². The number of aromatic nitrogens is 3. The van der Waals surface area contributed by atoms with Gasteiger partial charge in [0.2, 0.25) is 11.9 Å². The first-order chi connectivity index (χ1) is 11.2. The fourth-order valence-electron chi connectivity index (χ4n) is 3.47. The zero-order chi connectivity index (χ0) is 15.9. The molecule has 0 N–H and O–H groups in total. The van der Waals surface area contributed by atoms with Gasteiger partial charge in [0.05, 0.1) is 29.7 Å². The minimum Gasteiger partial charge on any atom is -0.340 e. The molecule has 23 heavy (non-hydrogen) atoms. The zero-order valence-corrected chi connectivity index (χ0v) is 12.5. The van der Waals surface area contributed by atoms with Gasteiger partial charge in [-0.05, 0) is 25.0 Å². The van der Waals surface area contributed by atoms with Crippen molar-refractivity contribution in [3.63, 3.8) is 0 Å². The lowest BCUT2D eigenvalue weighted by Crippen LogP contribution is -2.37. The second-order valence-electron chi connectivity index (χ2n) is 6.07. The van der Waals surface area contributed by atoms with E-state index in [9.17, 15) is 9.18 Å². The zero-order valence-electron chi connectivity index (χ0n) is 12.5. The number of carbonyl (C=O) groups excluding carboxylic acids is 1. The smallest absolute Gasteiger partial charge is 0.235 e. The molecule has 2 aliphatic heterocycles. The quantitative estimate of drug-likeness (QED) is 0.843. The molecule has 2 aliphatic rings. The van der Waals surface area contributed by atoms with E-state index in [0.29, 0.717) is 25.6 Å². The summed E-state index contributed by atoms with van der Waals surface area (Å²) in [6, 6.07) is 3.74. The van der Waals surface area contributed by atoms with Gasteiger partial charge in [-0.25, -0.2) is 14.4 Å². The van der Waals surface area contributed by atoms with Crippen LogP contribution in [0.15, 0.2) is 36.9 Å². The van der Waals surface area contributed by atoms with Gasteiger partial charge in [0.15, 0.2) is 5.82 Å². The highest BCUT2D eigenvalue weighted by Gasteiger charge is 2.51. The van der Waals surface area contributed by atoms with E-state index in [0.717, 1.165) is 30.9 Å². The van der Waals surface area contributed by atoms with Gasteiger partial charge in [-0.15, -0.1) is 0 Å². The normalized spacial score (nSPS) is 24.0. The molecular formula is C16H16FN5O. The maximum absolute atomic E-state index is 13.0. The number of nitrogens with zero attached hydrogens (tertiary/aromatic N) is 5. The summed E-state index contributed by atoms with van der Waals surface area (Å²) in [6.07, 6.45) is 7.30. The Hall–Kier alpha value is -2.57. The van der Waals surface area contributed by atoms with Crippen molar-refractivity contribution in [1.29, 1.82) is 0 Å². The maximum Gasteiger partial charge on any atom is 0.235 e. The summed E-state index contributed by atoms with van der Waals surface area (Å²) in [4.78, 5) is 28.8. The average molecular weight is 313 g/mol. The minimum absolute atomic E-state index is 0.134. The summed E-state index contributed by atoms with van der Waals surface area (Å²) in [5.41, 5.74) is 0.444. The Kier molecular flexibility index (Phi) is 3.21. The SMILES string of the molecule is O=C1N(c2cccnc2)CC[C@@]12CCN(c1ncc(F)cn1)C2. The Morgan fingerprint density at radius 2 is 1.91 bits per heavy atom. The number of pyridine rings is 1. The van der Waals surface area contributed by atoms with Crippen LogP contribution in [0.1, 0.15) is 12.8 Å². The molecule has 2 saturated heterocycles. The monoisotopic (exact) mass is 313 g/mol. The Labute approximate surface area is 133 Å². The molecule has 0 bridgehead atoms. The third-order valence-corrected chi connectivity index (χ3v) is 4.71. The number of carbonyl (C=O) groups is 1. The van der Waals surface area contributed by atoms with Crippen molar-refractivity contribution in [2.75, 3.05) is 29.4 Å². The van der Waals surface area contributed by atoms with Gasteiger partial charge < -0.3 is 9.80 Å². The van der Waals surface area contributed by atoms with Crippen LogP contribution in [0.4, 0.5) is 16.0 Å². The highest BCUT2D eigenvalue weighted by molar-refractivity contribution is 6.00. The molecule has 118 valence electrons. The highest BCUT2D eigenvalue weighted by Crippen LogP contribution is 2.42. The fourth-order valence-corrected chi connectivity index (χ4v) is 3.47. The van der Waals surface area contributed by atoms with Crippen LogP contribution in [0.25, 0.3) is 0 Å². The lowest BCUT2D eigenvalue weighted by Gasteiger charge is -2.23. The molecular weight excluding hydrogens is 297 g/mol. The van der Waals surface area contributed by atoms with Gasteiger partial charge in [-0.2, -0.15) is 0 Å². The second kappa shape index (κ2) is 5.26. The number of amides is 1. The van der Waals surface area contributed by atoms with Crippen LogP contribution in [-0.4, -0.2) is 40.5 Å². The summed E-state index contributed by atoms with van der Waals surface area (Å²) in [6.45, 7) is 1.98. The van der Waals surface area contributed by atoms with E-state index in [1.165, 1.54) is 0 Å². The van der Waals surface area contributed by atoms with Crippen molar-refractivity contribution < 1.29 is 9.18 Å². The van der Waals surface area contributed by atoms with Crippen molar-refractivity contribution in [3.8, 4) is 0 Å². The number of hydrogen-bond acceptors (Lipinski definition) is 5. The van der Waals surface area contributed by atoms with Crippen LogP contribution in [-0.2, 0) is 4.79 Å². The lowest BCUT2D eigenvalue weighted by atomic mass is 9.85. The molecule has 6 nitrogen and oxygen atoms in total. The molecule has 2 aromatic heterocycles. The van der Waals surface area contributed by atoms with Crippen molar-refractivity contribution >= 4 is 17.5 Å². The van der Waals surface area contributed by atoms with E-state index in [2.05, 4.69) is 15.0 Å². The van der Waals surface area contributed by atoms with E-state index in [4.69, 9.17) is 0 Å². The first-order valence-electron chi connectivity index (χ1n) is 7.62. The van der Waals surface area contributed by atoms with Gasteiger partial charge in [0.25, 0.3) is 0 Å². The van der Waals surface area contributed by atoms with Crippen molar-refractivity contribution in [2.24, 2.45) is 5.41 Å². The standard InChI is InChI=1S/C16H16FN5O/c17-12-8-19-15(20-9-12)21-6-3-16(11-21)4-7-22(14(16)23)13-2-1-5-18-10-13/h1-2,5,8-10H,3-4,6-7,11H2/t16-/m1/s1. The number of anilines is 2. The summed E-state index contributed by atoms with van der Waals surface area (Å²) in [5.74, 6) is 0.161. The Morgan fingerprint density at radius 1 is 1.13 bits per heavy atom. The van der Waals surface area contributed by atoms with Crippen LogP contribution in [0.2, 0.25) is 0 Å². The summed E-state index contributed by atoms with van der Waals surface area (Å²) >= 11 is 0. The van der Waals surface area contributed by atoms with Gasteiger partial charge in [0, 0.05) is 25.8 Å². The van der Waals surface area contributed by atoms with Gasteiger partial charge in [-0.1, -0.05) is 0 Å². The predicted octanol–water partition coefficient (Wildman–Crippen LogP) is 1.64. The molecule has 7 heteroatoms. The van der Waals surface area contributed by atoms with E-state index >= 15 is 0 Å². The molecule has 0 radical (unpaired) electrons. The van der Waals surface area contributed by atoms with Crippen molar-refractivity contribution in [3.05, 3.63) is 42.7 Å². The Morgan fingerprint density at radius 3 is 2.65 bits per heavy atom. The molecule has 1 amide bonds. The van der Waals surface area contributed by atoms with Gasteiger partial charge in [-0.3, -0.25) is 9.78 Å². The van der Waals surface area contributed by atoms with Crippen molar-refractivity contribution in [1.82, 2.24) is 15.0 Å². The van der Waals surface area contributed by atoms with E-state index in [-0.39, 0.29) is 5.91 Å². The predicted molar refractivity (Wildman–Crippen MR) is 82.5 cm³/mol. The highest BCUT2D eigenvalue weighted by atomic mass is 19.1. The molecule has 0 aliphatic carbocycles.